The van der Waals surface area contributed by atoms with Gasteiger partial charge in [-0.15, -0.1) is 22.7 Å². The standard InChI is InChI=1S/C11H13BrN2S2/c1-2-11-14-7-9(16-11)6-13-5-8-3-4-10(12)15-8/h3-4,7,13H,2,5-6H2,1H3. The van der Waals surface area contributed by atoms with Crippen LogP contribution in [-0.4, -0.2) is 4.98 Å². The molecule has 16 heavy (non-hydrogen) atoms. The smallest absolute Gasteiger partial charge is 0.0925 e. The van der Waals surface area contributed by atoms with Gasteiger partial charge in [-0.1, -0.05) is 6.92 Å². The lowest BCUT2D eigenvalue weighted by atomic mass is 10.4. The van der Waals surface area contributed by atoms with Gasteiger partial charge in [-0.25, -0.2) is 4.98 Å². The van der Waals surface area contributed by atoms with Gasteiger partial charge in [-0.3, -0.25) is 0 Å². The summed E-state index contributed by atoms with van der Waals surface area (Å²) in [6, 6.07) is 4.23. The van der Waals surface area contributed by atoms with E-state index in [9.17, 15) is 0 Å². The SMILES string of the molecule is CCc1ncc(CNCc2ccc(Br)s2)s1. The molecule has 0 radical (unpaired) electrons. The van der Waals surface area contributed by atoms with Crippen LogP contribution in [0.15, 0.2) is 22.1 Å². The van der Waals surface area contributed by atoms with Crippen molar-refractivity contribution < 1.29 is 0 Å². The minimum Gasteiger partial charge on any atom is -0.307 e. The third kappa shape index (κ3) is 3.38. The van der Waals surface area contributed by atoms with E-state index >= 15 is 0 Å². The van der Waals surface area contributed by atoms with Crippen LogP contribution >= 0.6 is 38.6 Å². The molecule has 0 aliphatic carbocycles. The Morgan fingerprint density at radius 2 is 2.06 bits per heavy atom. The zero-order chi connectivity index (χ0) is 11.4. The molecular formula is C11H13BrN2S2. The number of nitrogens with zero attached hydrogens (tertiary/aromatic N) is 1. The Kier molecular flexibility index (Phi) is 4.52. The van der Waals surface area contributed by atoms with Gasteiger partial charge < -0.3 is 5.32 Å². The number of aromatic nitrogens is 1. The lowest BCUT2D eigenvalue weighted by Crippen LogP contribution is -2.10. The van der Waals surface area contributed by atoms with Crippen molar-refractivity contribution >= 4 is 38.6 Å². The van der Waals surface area contributed by atoms with Crippen LogP contribution in [0.3, 0.4) is 0 Å². The van der Waals surface area contributed by atoms with Crippen LogP contribution in [-0.2, 0) is 19.5 Å². The first-order valence-corrected chi connectivity index (χ1v) is 7.59. The number of halogens is 1. The second kappa shape index (κ2) is 5.91. The summed E-state index contributed by atoms with van der Waals surface area (Å²) in [4.78, 5) is 7.00. The summed E-state index contributed by atoms with van der Waals surface area (Å²) in [7, 11) is 0. The molecule has 0 fully saturated rings. The van der Waals surface area contributed by atoms with Gasteiger partial charge in [-0.05, 0) is 34.5 Å². The Hall–Kier alpha value is -0.230. The second-order valence-electron chi connectivity index (χ2n) is 3.38. The lowest BCUT2D eigenvalue weighted by molar-refractivity contribution is 0.708. The van der Waals surface area contributed by atoms with Crippen LogP contribution in [0.5, 0.6) is 0 Å². The van der Waals surface area contributed by atoms with Crippen LogP contribution in [0.1, 0.15) is 21.7 Å². The van der Waals surface area contributed by atoms with E-state index in [1.54, 1.807) is 22.7 Å². The van der Waals surface area contributed by atoms with Crippen LogP contribution in [0, 0.1) is 0 Å². The Labute approximate surface area is 112 Å². The van der Waals surface area contributed by atoms with Crippen molar-refractivity contribution in [1.29, 1.82) is 0 Å². The molecule has 0 atom stereocenters. The van der Waals surface area contributed by atoms with Crippen molar-refractivity contribution in [3.05, 3.63) is 36.9 Å². The van der Waals surface area contributed by atoms with E-state index in [1.807, 2.05) is 6.20 Å². The molecule has 0 unspecified atom stereocenters. The second-order valence-corrected chi connectivity index (χ2v) is 7.13. The highest BCUT2D eigenvalue weighted by Crippen LogP contribution is 2.22. The predicted molar refractivity (Wildman–Crippen MR) is 74.1 cm³/mol. The first-order valence-electron chi connectivity index (χ1n) is 5.16. The first-order chi connectivity index (χ1) is 7.78. The predicted octanol–water partition coefficient (Wildman–Crippen LogP) is 3.82. The molecule has 0 aliphatic rings. The fourth-order valence-corrected chi connectivity index (χ4v) is 3.63. The minimum absolute atomic E-state index is 0.910. The van der Waals surface area contributed by atoms with Crippen molar-refractivity contribution in [2.75, 3.05) is 0 Å². The molecule has 2 nitrogen and oxygen atoms in total. The topological polar surface area (TPSA) is 24.9 Å². The van der Waals surface area contributed by atoms with Gasteiger partial charge in [0.15, 0.2) is 0 Å². The van der Waals surface area contributed by atoms with Crippen LogP contribution in [0.25, 0.3) is 0 Å². The van der Waals surface area contributed by atoms with E-state index in [2.05, 4.69) is 45.3 Å². The Morgan fingerprint density at radius 3 is 2.69 bits per heavy atom. The maximum atomic E-state index is 4.34. The third-order valence-electron chi connectivity index (χ3n) is 2.13. The van der Waals surface area contributed by atoms with Crippen molar-refractivity contribution in [1.82, 2.24) is 10.3 Å². The van der Waals surface area contributed by atoms with Gasteiger partial charge in [0.2, 0.25) is 0 Å². The van der Waals surface area contributed by atoms with Crippen molar-refractivity contribution in [2.24, 2.45) is 0 Å². The normalized spacial score (nSPS) is 10.9. The van der Waals surface area contributed by atoms with Crippen molar-refractivity contribution in [2.45, 2.75) is 26.4 Å². The summed E-state index contributed by atoms with van der Waals surface area (Å²) in [6.45, 7) is 3.97. The highest BCUT2D eigenvalue weighted by molar-refractivity contribution is 9.11. The number of nitrogens with one attached hydrogen (secondary N) is 1. The first kappa shape index (κ1) is 12.2. The van der Waals surface area contributed by atoms with Gasteiger partial charge in [-0.2, -0.15) is 0 Å². The van der Waals surface area contributed by atoms with E-state index in [0.717, 1.165) is 19.5 Å². The van der Waals surface area contributed by atoms with Crippen molar-refractivity contribution in [3.63, 3.8) is 0 Å². The van der Waals surface area contributed by atoms with Gasteiger partial charge >= 0.3 is 0 Å². The molecule has 86 valence electrons. The van der Waals surface area contributed by atoms with Gasteiger partial charge in [0.1, 0.15) is 0 Å². The maximum Gasteiger partial charge on any atom is 0.0925 e. The molecule has 2 aromatic rings. The fourth-order valence-electron chi connectivity index (χ4n) is 1.35. The van der Waals surface area contributed by atoms with Gasteiger partial charge in [0, 0.05) is 29.0 Å². The van der Waals surface area contributed by atoms with Crippen LogP contribution in [0.4, 0.5) is 0 Å². The number of hydrogen-bond donors (Lipinski definition) is 1. The molecule has 0 aliphatic heterocycles. The third-order valence-corrected chi connectivity index (χ3v) is 4.90. The number of aryl methyl sites for hydroxylation is 1. The van der Waals surface area contributed by atoms with Crippen LogP contribution < -0.4 is 5.32 Å². The van der Waals surface area contributed by atoms with E-state index < -0.39 is 0 Å². The molecule has 0 spiro atoms. The summed E-state index contributed by atoms with van der Waals surface area (Å²) in [6.07, 6.45) is 3.00. The average Bonchev–Trinajstić information content (AvgIpc) is 2.88. The van der Waals surface area contributed by atoms with E-state index in [4.69, 9.17) is 0 Å². The highest BCUT2D eigenvalue weighted by atomic mass is 79.9. The molecule has 5 heteroatoms. The van der Waals surface area contributed by atoms with E-state index in [-0.39, 0.29) is 0 Å². The molecule has 0 bridgehead atoms. The fraction of sp³-hybridized carbons (Fsp3) is 0.364. The van der Waals surface area contributed by atoms with Crippen molar-refractivity contribution in [3.8, 4) is 0 Å². The Morgan fingerprint density at radius 1 is 1.25 bits per heavy atom. The number of thiazole rings is 1. The Balaban J connectivity index is 1.79. The van der Waals surface area contributed by atoms with E-state index in [1.165, 1.54) is 18.5 Å². The summed E-state index contributed by atoms with van der Waals surface area (Å²) in [5.74, 6) is 0. The molecule has 0 saturated carbocycles. The van der Waals surface area contributed by atoms with Gasteiger partial charge in [0.05, 0.1) is 8.79 Å². The highest BCUT2D eigenvalue weighted by Gasteiger charge is 2.01. The quantitative estimate of drug-likeness (QED) is 0.907. The largest absolute Gasteiger partial charge is 0.307 e. The Bertz CT molecular complexity index is 450. The summed E-state index contributed by atoms with van der Waals surface area (Å²) < 4.78 is 1.19. The molecule has 0 amide bonds. The summed E-state index contributed by atoms with van der Waals surface area (Å²) in [5.41, 5.74) is 0. The number of rotatable bonds is 5. The molecule has 0 saturated heterocycles. The molecule has 2 aromatic heterocycles. The average molecular weight is 317 g/mol. The molecule has 1 N–H and O–H groups in total. The molecular weight excluding hydrogens is 304 g/mol. The van der Waals surface area contributed by atoms with Crippen LogP contribution in [0.2, 0.25) is 0 Å². The maximum absolute atomic E-state index is 4.34. The molecule has 2 rings (SSSR count). The zero-order valence-electron chi connectivity index (χ0n) is 9.00. The molecule has 2 heterocycles. The minimum atomic E-state index is 0.910. The number of hydrogen-bond acceptors (Lipinski definition) is 4. The summed E-state index contributed by atoms with van der Waals surface area (Å²) in [5, 5.41) is 4.65. The summed E-state index contributed by atoms with van der Waals surface area (Å²) >= 11 is 7.03. The lowest BCUT2D eigenvalue weighted by Gasteiger charge is -1.99. The zero-order valence-corrected chi connectivity index (χ0v) is 12.2. The molecule has 0 aromatic carbocycles. The van der Waals surface area contributed by atoms with E-state index in [0.29, 0.717) is 0 Å². The number of thiophene rings is 1. The van der Waals surface area contributed by atoms with Gasteiger partial charge in [0.25, 0.3) is 0 Å². The monoisotopic (exact) mass is 316 g/mol.